The monoisotopic (exact) mass is 817 g/mol. The Balaban J connectivity index is 1.00. The molecule has 0 saturated carbocycles. The number of rotatable bonds is 3. The van der Waals surface area contributed by atoms with Crippen molar-refractivity contribution in [2.45, 2.75) is 5.41 Å². The lowest BCUT2D eigenvalue weighted by molar-refractivity contribution is 0.666. The van der Waals surface area contributed by atoms with Crippen LogP contribution in [0.4, 0.5) is 0 Å². The highest BCUT2D eigenvalue weighted by atomic mass is 16.3. The minimum atomic E-state index is -0.645. The number of aromatic nitrogens is 3. The summed E-state index contributed by atoms with van der Waals surface area (Å²) in [7, 11) is 0. The number of benzene rings is 9. The molecule has 0 N–H and O–H groups in total. The lowest BCUT2D eigenvalue weighted by Crippen LogP contribution is -2.26. The van der Waals surface area contributed by atoms with Crippen molar-refractivity contribution in [3.8, 4) is 56.4 Å². The molecule has 0 fully saturated rings. The molecule has 0 unspecified atom stereocenters. The number of furan rings is 3. The van der Waals surface area contributed by atoms with Crippen LogP contribution in [-0.4, -0.2) is 15.0 Å². The molecular weight excluding hydrogens is 787 g/mol. The van der Waals surface area contributed by atoms with E-state index in [0.29, 0.717) is 17.5 Å². The van der Waals surface area contributed by atoms with E-state index in [1.807, 2.05) is 60.7 Å². The number of para-hydroxylation sites is 2. The maximum absolute atomic E-state index is 6.84. The van der Waals surface area contributed by atoms with Crippen LogP contribution in [0.2, 0.25) is 0 Å². The third kappa shape index (κ3) is 4.41. The second kappa shape index (κ2) is 12.3. The van der Waals surface area contributed by atoms with Crippen LogP contribution in [0.15, 0.2) is 201 Å². The molecule has 1 spiro atoms. The smallest absolute Gasteiger partial charge is 0.164 e. The molecule has 296 valence electrons. The lowest BCUT2D eigenvalue weighted by Gasteiger charge is -2.31. The SMILES string of the molecule is c1ccc(-c2nc(-c3ccc4c(c3)oc3ccccc34)nc(-c3ccc4oc5ccc6c(c5c4c3)C3(c4ccccc4-c4ccccc43)c3cc4oc5ccccc5c4cc3-6)n2)cc1. The van der Waals surface area contributed by atoms with Gasteiger partial charge in [0, 0.05) is 49.0 Å². The van der Waals surface area contributed by atoms with Gasteiger partial charge in [0.1, 0.15) is 33.5 Å². The molecule has 0 atom stereocenters. The molecule has 4 aromatic heterocycles. The van der Waals surface area contributed by atoms with Crippen LogP contribution in [0, 0.1) is 0 Å². The Morgan fingerprint density at radius 2 is 0.828 bits per heavy atom. The quantitative estimate of drug-likeness (QED) is 0.177. The van der Waals surface area contributed by atoms with Gasteiger partial charge in [-0.2, -0.15) is 0 Å². The van der Waals surface area contributed by atoms with Crippen LogP contribution in [0.5, 0.6) is 0 Å². The molecule has 0 radical (unpaired) electrons. The molecule has 13 aromatic rings. The third-order valence-corrected chi connectivity index (χ3v) is 13.7. The summed E-state index contributed by atoms with van der Waals surface area (Å²) in [5, 5.41) is 6.42. The Morgan fingerprint density at radius 1 is 0.297 bits per heavy atom. The highest BCUT2D eigenvalue weighted by Crippen LogP contribution is 2.65. The van der Waals surface area contributed by atoms with Gasteiger partial charge in [-0.3, -0.25) is 0 Å². The molecule has 2 aliphatic rings. The standard InChI is InChI=1S/C58H31N3O3/c1-2-12-32(13-3-1)55-59-56(61-57(60-55)34-22-24-39-37-16-6-10-20-47(37)63-51(39)29-34)33-23-26-49-43(28-33)53-50(62-49)27-25-40-41-30-42-38-17-7-11-21-48(38)64-52(42)31-46(41)58(54(40)53)44-18-8-4-14-35(44)36-15-5-9-19-45(36)58/h1-31H. The highest BCUT2D eigenvalue weighted by molar-refractivity contribution is 6.16. The summed E-state index contributed by atoms with van der Waals surface area (Å²) >= 11 is 0. The zero-order valence-corrected chi connectivity index (χ0v) is 34.0. The first-order chi connectivity index (χ1) is 31.7. The predicted molar refractivity (Wildman–Crippen MR) is 254 cm³/mol. The molecule has 6 nitrogen and oxygen atoms in total. The number of fused-ring (bicyclic) bond motifs is 20. The Labute approximate surface area is 364 Å². The van der Waals surface area contributed by atoms with Gasteiger partial charge in [-0.1, -0.05) is 127 Å². The average Bonchev–Trinajstić information content (AvgIpc) is 4.15. The van der Waals surface area contributed by atoms with Gasteiger partial charge in [0.15, 0.2) is 17.5 Å². The van der Waals surface area contributed by atoms with E-state index in [9.17, 15) is 0 Å². The van der Waals surface area contributed by atoms with Crippen molar-refractivity contribution in [2.24, 2.45) is 0 Å². The van der Waals surface area contributed by atoms with Crippen molar-refractivity contribution in [2.75, 3.05) is 0 Å². The lowest BCUT2D eigenvalue weighted by atomic mass is 9.69. The van der Waals surface area contributed by atoms with Crippen molar-refractivity contribution >= 4 is 65.8 Å². The topological polar surface area (TPSA) is 78.1 Å². The van der Waals surface area contributed by atoms with Crippen molar-refractivity contribution in [1.29, 1.82) is 0 Å². The minimum absolute atomic E-state index is 0.565. The molecule has 0 saturated heterocycles. The van der Waals surface area contributed by atoms with E-state index in [0.717, 1.165) is 82.5 Å². The number of hydrogen-bond acceptors (Lipinski definition) is 6. The highest BCUT2D eigenvalue weighted by Gasteiger charge is 2.53. The van der Waals surface area contributed by atoms with Gasteiger partial charge in [-0.25, -0.2) is 15.0 Å². The molecule has 0 aliphatic heterocycles. The fourth-order valence-electron chi connectivity index (χ4n) is 11.1. The van der Waals surface area contributed by atoms with E-state index < -0.39 is 5.41 Å². The van der Waals surface area contributed by atoms with E-state index >= 15 is 0 Å². The van der Waals surface area contributed by atoms with Crippen LogP contribution in [0.1, 0.15) is 22.3 Å². The Bertz CT molecular complexity index is 4110. The fraction of sp³-hybridized carbons (Fsp3) is 0.0172. The van der Waals surface area contributed by atoms with Crippen molar-refractivity contribution in [3.63, 3.8) is 0 Å². The average molecular weight is 818 g/mol. The second-order valence-corrected chi connectivity index (χ2v) is 17.0. The summed E-state index contributed by atoms with van der Waals surface area (Å²) in [6.45, 7) is 0. The van der Waals surface area contributed by atoms with E-state index in [4.69, 9.17) is 28.2 Å². The molecule has 9 aromatic carbocycles. The summed E-state index contributed by atoms with van der Waals surface area (Å²) in [6, 6.07) is 65.9. The summed E-state index contributed by atoms with van der Waals surface area (Å²) in [5.74, 6) is 1.72. The summed E-state index contributed by atoms with van der Waals surface area (Å²) in [5.41, 5.74) is 16.8. The molecule has 2 aliphatic carbocycles. The van der Waals surface area contributed by atoms with Gasteiger partial charge >= 0.3 is 0 Å². The van der Waals surface area contributed by atoms with Gasteiger partial charge < -0.3 is 13.3 Å². The van der Waals surface area contributed by atoms with Gasteiger partial charge in [0.25, 0.3) is 0 Å². The van der Waals surface area contributed by atoms with Crippen LogP contribution in [0.25, 0.3) is 122 Å². The number of hydrogen-bond donors (Lipinski definition) is 0. The molecule has 4 heterocycles. The Hall–Kier alpha value is -8.61. The Morgan fingerprint density at radius 3 is 1.56 bits per heavy atom. The molecular formula is C58H31N3O3. The molecule has 0 amide bonds. The molecule has 6 heteroatoms. The van der Waals surface area contributed by atoms with Crippen molar-refractivity contribution in [1.82, 2.24) is 15.0 Å². The molecule has 15 rings (SSSR count). The first-order valence-corrected chi connectivity index (χ1v) is 21.6. The zero-order valence-electron chi connectivity index (χ0n) is 34.0. The van der Waals surface area contributed by atoms with Gasteiger partial charge in [-0.05, 0) is 105 Å². The largest absolute Gasteiger partial charge is 0.456 e. The third-order valence-electron chi connectivity index (χ3n) is 13.7. The van der Waals surface area contributed by atoms with Gasteiger partial charge in [0.2, 0.25) is 0 Å². The first kappa shape index (κ1) is 34.0. The molecule has 64 heavy (non-hydrogen) atoms. The maximum Gasteiger partial charge on any atom is 0.164 e. The minimum Gasteiger partial charge on any atom is -0.456 e. The Kier molecular flexibility index (Phi) is 6.53. The van der Waals surface area contributed by atoms with Gasteiger partial charge in [-0.15, -0.1) is 0 Å². The molecule has 0 bridgehead atoms. The van der Waals surface area contributed by atoms with Crippen LogP contribution in [-0.2, 0) is 5.41 Å². The van der Waals surface area contributed by atoms with Gasteiger partial charge in [0.05, 0.1) is 5.41 Å². The fourth-order valence-corrected chi connectivity index (χ4v) is 11.1. The van der Waals surface area contributed by atoms with Crippen LogP contribution >= 0.6 is 0 Å². The summed E-state index contributed by atoms with van der Waals surface area (Å²) < 4.78 is 19.8. The summed E-state index contributed by atoms with van der Waals surface area (Å²) in [4.78, 5) is 15.4. The second-order valence-electron chi connectivity index (χ2n) is 17.0. The van der Waals surface area contributed by atoms with E-state index in [-0.39, 0.29) is 0 Å². The van der Waals surface area contributed by atoms with E-state index in [2.05, 4.69) is 127 Å². The number of nitrogens with zero attached hydrogens (tertiary/aromatic N) is 3. The summed E-state index contributed by atoms with van der Waals surface area (Å²) in [6.07, 6.45) is 0. The van der Waals surface area contributed by atoms with Crippen molar-refractivity contribution in [3.05, 3.63) is 210 Å². The van der Waals surface area contributed by atoms with E-state index in [1.165, 1.54) is 44.5 Å². The van der Waals surface area contributed by atoms with Crippen molar-refractivity contribution < 1.29 is 13.3 Å². The first-order valence-electron chi connectivity index (χ1n) is 21.6. The normalized spacial score (nSPS) is 13.4. The van der Waals surface area contributed by atoms with Crippen LogP contribution in [0.3, 0.4) is 0 Å². The van der Waals surface area contributed by atoms with E-state index in [1.54, 1.807) is 0 Å². The zero-order chi connectivity index (χ0) is 41.7. The van der Waals surface area contributed by atoms with Crippen LogP contribution < -0.4 is 0 Å². The predicted octanol–water partition coefficient (Wildman–Crippen LogP) is 14.9. The maximum atomic E-state index is 6.84.